The van der Waals surface area contributed by atoms with Gasteiger partial charge in [-0.25, -0.2) is 4.79 Å². The summed E-state index contributed by atoms with van der Waals surface area (Å²) in [4.78, 5) is 24.8. The molecule has 2 aromatic carbocycles. The Morgan fingerprint density at radius 2 is 1.81 bits per heavy atom. The van der Waals surface area contributed by atoms with E-state index >= 15 is 0 Å². The summed E-state index contributed by atoms with van der Waals surface area (Å²) in [6, 6.07) is 14.5. The molecule has 0 aliphatic carbocycles. The number of hydrogen-bond acceptors (Lipinski definition) is 5. The number of rotatable bonds is 6. The van der Waals surface area contributed by atoms with Crippen LogP contribution in [0.1, 0.15) is 5.56 Å². The Kier molecular flexibility index (Phi) is 5.94. The second-order valence-corrected chi connectivity index (χ2v) is 5.93. The third kappa shape index (κ3) is 5.24. The largest absolute Gasteiger partial charge is 0.486 e. The van der Waals surface area contributed by atoms with Gasteiger partial charge >= 0.3 is 6.03 Å². The lowest BCUT2D eigenvalue weighted by molar-refractivity contribution is -0.118. The fourth-order valence-electron chi connectivity index (χ4n) is 2.72. The molecular formula is C20H21N3O4. The number of primary amides is 1. The summed E-state index contributed by atoms with van der Waals surface area (Å²) >= 11 is 0. The van der Waals surface area contributed by atoms with Gasteiger partial charge in [-0.1, -0.05) is 42.5 Å². The summed E-state index contributed by atoms with van der Waals surface area (Å²) in [5, 5.41) is 2.09. The first kappa shape index (κ1) is 18.3. The van der Waals surface area contributed by atoms with Crippen LogP contribution < -0.4 is 25.4 Å². The van der Waals surface area contributed by atoms with E-state index in [0.29, 0.717) is 31.3 Å². The molecule has 0 fully saturated rings. The highest BCUT2D eigenvalue weighted by molar-refractivity contribution is 5.95. The number of urea groups is 1. The van der Waals surface area contributed by atoms with E-state index < -0.39 is 11.9 Å². The molecule has 3 rings (SSSR count). The highest BCUT2D eigenvalue weighted by Crippen LogP contribution is 2.34. The Morgan fingerprint density at radius 1 is 1.07 bits per heavy atom. The number of nitrogens with one attached hydrogen (secondary N) is 1. The van der Waals surface area contributed by atoms with Crippen LogP contribution in [0.15, 0.2) is 54.6 Å². The number of ether oxygens (including phenoxy) is 2. The van der Waals surface area contributed by atoms with Crippen molar-refractivity contribution in [1.29, 1.82) is 0 Å². The summed E-state index contributed by atoms with van der Waals surface area (Å²) in [5.41, 5.74) is 6.87. The predicted octanol–water partition coefficient (Wildman–Crippen LogP) is 2.17. The highest BCUT2D eigenvalue weighted by atomic mass is 16.6. The van der Waals surface area contributed by atoms with Crippen LogP contribution in [0.5, 0.6) is 11.5 Å². The molecular weight excluding hydrogens is 346 g/mol. The number of nitrogens with two attached hydrogens (primary N) is 1. The van der Waals surface area contributed by atoms with Gasteiger partial charge in [-0.3, -0.25) is 10.1 Å². The third-order valence-electron chi connectivity index (χ3n) is 3.92. The smallest absolute Gasteiger partial charge is 0.318 e. The normalized spacial score (nSPS) is 12.6. The van der Waals surface area contributed by atoms with Crippen LogP contribution >= 0.6 is 0 Å². The fraction of sp³-hybridized carbons (Fsp3) is 0.200. The summed E-state index contributed by atoms with van der Waals surface area (Å²) in [5.74, 6) is 0.822. The molecule has 2 aromatic rings. The van der Waals surface area contributed by atoms with Crippen LogP contribution in [0, 0.1) is 0 Å². The molecule has 1 aliphatic rings. The lowest BCUT2D eigenvalue weighted by Crippen LogP contribution is -2.42. The quantitative estimate of drug-likeness (QED) is 0.816. The minimum atomic E-state index is -0.873. The molecule has 1 heterocycles. The molecule has 0 spiro atoms. The lowest BCUT2D eigenvalue weighted by Gasteiger charge is -2.25. The third-order valence-corrected chi connectivity index (χ3v) is 3.92. The lowest BCUT2D eigenvalue weighted by atomic mass is 10.2. The summed E-state index contributed by atoms with van der Waals surface area (Å²) in [6.45, 7) is 1.42. The maximum absolute atomic E-state index is 12.0. The summed E-state index contributed by atoms with van der Waals surface area (Å²) in [6.07, 6.45) is 3.92. The zero-order valence-corrected chi connectivity index (χ0v) is 14.8. The molecule has 1 aliphatic heterocycles. The van der Waals surface area contributed by atoms with E-state index in [1.165, 1.54) is 0 Å². The second kappa shape index (κ2) is 8.75. The van der Waals surface area contributed by atoms with Gasteiger partial charge in [0.05, 0.1) is 6.54 Å². The van der Waals surface area contributed by atoms with Gasteiger partial charge in [-0.2, -0.15) is 0 Å². The zero-order chi connectivity index (χ0) is 19.1. The van der Waals surface area contributed by atoms with Crippen LogP contribution in [0.4, 0.5) is 10.5 Å². The molecule has 3 amide bonds. The first-order chi connectivity index (χ1) is 13.1. The second-order valence-electron chi connectivity index (χ2n) is 5.93. The number of imide groups is 1. The van der Waals surface area contributed by atoms with Crippen LogP contribution in [0.2, 0.25) is 0 Å². The van der Waals surface area contributed by atoms with E-state index in [2.05, 4.69) is 5.32 Å². The van der Waals surface area contributed by atoms with Gasteiger partial charge in [-0.05, 0) is 17.7 Å². The molecule has 3 N–H and O–H groups in total. The van der Waals surface area contributed by atoms with E-state index in [1.54, 1.807) is 0 Å². The number of anilines is 1. The molecule has 0 saturated carbocycles. The number of amides is 3. The summed E-state index contributed by atoms with van der Waals surface area (Å²) in [7, 11) is 0. The first-order valence-corrected chi connectivity index (χ1v) is 8.57. The first-order valence-electron chi connectivity index (χ1n) is 8.57. The maximum atomic E-state index is 12.0. The predicted molar refractivity (Wildman–Crippen MR) is 103 cm³/mol. The van der Waals surface area contributed by atoms with Crippen LogP contribution in [0.3, 0.4) is 0 Å². The van der Waals surface area contributed by atoms with Crippen molar-refractivity contribution in [3.8, 4) is 11.5 Å². The Bertz CT molecular complexity index is 836. The molecule has 7 nitrogen and oxygen atoms in total. The van der Waals surface area contributed by atoms with Gasteiger partial charge in [0.1, 0.15) is 13.2 Å². The number of nitrogens with zero attached hydrogens (tertiary/aromatic N) is 1. The van der Waals surface area contributed by atoms with Crippen LogP contribution in [-0.2, 0) is 4.79 Å². The number of carbonyl (C=O) groups excluding carboxylic acids is 2. The van der Waals surface area contributed by atoms with Gasteiger partial charge in [0, 0.05) is 18.3 Å². The molecule has 7 heteroatoms. The van der Waals surface area contributed by atoms with Crippen molar-refractivity contribution in [3.63, 3.8) is 0 Å². The average molecular weight is 367 g/mol. The van der Waals surface area contributed by atoms with Crippen molar-refractivity contribution in [1.82, 2.24) is 5.32 Å². The zero-order valence-electron chi connectivity index (χ0n) is 14.8. The minimum absolute atomic E-state index is 0.0261. The molecule has 0 atom stereocenters. The molecule has 0 saturated heterocycles. The van der Waals surface area contributed by atoms with E-state index in [4.69, 9.17) is 15.2 Å². The molecule has 0 bridgehead atoms. The highest BCUT2D eigenvalue weighted by Gasteiger charge is 2.16. The maximum Gasteiger partial charge on any atom is 0.318 e. The summed E-state index contributed by atoms with van der Waals surface area (Å²) < 4.78 is 11.1. The van der Waals surface area contributed by atoms with Crippen LogP contribution in [0.25, 0.3) is 6.08 Å². The van der Waals surface area contributed by atoms with E-state index in [1.807, 2.05) is 65.6 Å². The number of carbonyl (C=O) groups is 2. The van der Waals surface area contributed by atoms with Crippen molar-refractivity contribution < 1.29 is 19.1 Å². The molecule has 0 aromatic heterocycles. The molecule has 0 unspecified atom stereocenters. The van der Waals surface area contributed by atoms with Crippen LogP contribution in [-0.4, -0.2) is 38.2 Å². The van der Waals surface area contributed by atoms with Crippen molar-refractivity contribution in [2.45, 2.75) is 0 Å². The Balaban J connectivity index is 1.77. The Labute approximate surface area is 157 Å². The Morgan fingerprint density at radius 3 is 2.56 bits per heavy atom. The van der Waals surface area contributed by atoms with Crippen molar-refractivity contribution in [2.75, 3.05) is 31.2 Å². The Hall–Kier alpha value is -3.48. The van der Waals surface area contributed by atoms with Crippen molar-refractivity contribution >= 4 is 23.7 Å². The van der Waals surface area contributed by atoms with E-state index in [0.717, 1.165) is 11.3 Å². The van der Waals surface area contributed by atoms with Gasteiger partial charge in [-0.15, -0.1) is 0 Å². The molecule has 0 radical (unpaired) electrons. The van der Waals surface area contributed by atoms with Crippen molar-refractivity contribution in [3.05, 3.63) is 60.2 Å². The van der Waals surface area contributed by atoms with Gasteiger partial charge in [0.2, 0.25) is 5.91 Å². The van der Waals surface area contributed by atoms with Gasteiger partial charge in [0.25, 0.3) is 0 Å². The number of hydrogen-bond donors (Lipinski definition) is 2. The number of fused-ring (bicyclic) bond motifs is 1. The van der Waals surface area contributed by atoms with Gasteiger partial charge < -0.3 is 20.1 Å². The monoisotopic (exact) mass is 367 g/mol. The topological polar surface area (TPSA) is 93.9 Å². The standard InChI is InChI=1S/C20H21N3O4/c21-20(25)22-19(24)14-23(10-4-7-15-5-2-1-3-6-15)16-8-9-17-18(13-16)27-12-11-26-17/h1-9,13H,10-12,14H2,(H3,21,22,24,25). The fourth-order valence-corrected chi connectivity index (χ4v) is 2.72. The SMILES string of the molecule is NC(=O)NC(=O)CN(CC=Cc1ccccc1)c1ccc2c(c1)OCCO2. The van der Waals surface area contributed by atoms with E-state index in [-0.39, 0.29) is 6.54 Å². The molecule has 140 valence electrons. The molecule has 27 heavy (non-hydrogen) atoms. The average Bonchev–Trinajstić information content (AvgIpc) is 2.67. The van der Waals surface area contributed by atoms with Crippen molar-refractivity contribution in [2.24, 2.45) is 5.73 Å². The number of benzene rings is 2. The minimum Gasteiger partial charge on any atom is -0.486 e. The van der Waals surface area contributed by atoms with Gasteiger partial charge in [0.15, 0.2) is 11.5 Å². The van der Waals surface area contributed by atoms with E-state index in [9.17, 15) is 9.59 Å².